The van der Waals surface area contributed by atoms with Crippen molar-refractivity contribution < 1.29 is 0 Å². The molecule has 0 fully saturated rings. The van der Waals surface area contributed by atoms with Crippen molar-refractivity contribution in [2.75, 3.05) is 0 Å². The van der Waals surface area contributed by atoms with Crippen LogP contribution in [0.5, 0.6) is 0 Å². The molecule has 4 aromatic carbocycles. The quantitative estimate of drug-likeness (QED) is 0.152. The molecule has 0 bridgehead atoms. The molecule has 0 saturated carbocycles. The van der Waals surface area contributed by atoms with E-state index in [1.807, 2.05) is 55.4 Å². The Morgan fingerprint density at radius 1 is 0.264 bits per heavy atom. The fourth-order valence-electron chi connectivity index (χ4n) is 3.91. The van der Waals surface area contributed by atoms with Gasteiger partial charge >= 0.3 is 0 Å². The molecule has 4 rings (SSSR count). The van der Waals surface area contributed by atoms with Gasteiger partial charge in [-0.05, 0) is 28.7 Å². The number of rotatable bonds is 10. The lowest BCUT2D eigenvalue weighted by Gasteiger charge is -2.25. The maximum atomic E-state index is 2.25. The molecule has 0 atom stereocenters. The van der Waals surface area contributed by atoms with Crippen molar-refractivity contribution in [2.45, 2.75) is 195 Å². The van der Waals surface area contributed by atoms with Crippen molar-refractivity contribution in [3.05, 3.63) is 144 Å². The van der Waals surface area contributed by atoms with Gasteiger partial charge < -0.3 is 0 Å². The summed E-state index contributed by atoms with van der Waals surface area (Å²) in [6.07, 6.45) is 11.6. The van der Waals surface area contributed by atoms with Gasteiger partial charge in [0.15, 0.2) is 0 Å². The second-order valence-electron chi connectivity index (χ2n) is 11.0. The molecule has 0 heterocycles. The molecule has 0 heteroatoms. The number of hydrogen-bond acceptors (Lipinski definition) is 0. The molecular weight excluding hydrogens is 637 g/mol. The van der Waals surface area contributed by atoms with Crippen molar-refractivity contribution in [1.29, 1.82) is 0 Å². The van der Waals surface area contributed by atoms with Gasteiger partial charge in [0.05, 0.1) is 0 Å². The Kier molecular flexibility index (Phi) is 71.2. The molecule has 0 aliphatic heterocycles. The van der Waals surface area contributed by atoms with Crippen LogP contribution in [0.4, 0.5) is 0 Å². The third kappa shape index (κ3) is 38.4. The van der Waals surface area contributed by atoms with Crippen molar-refractivity contribution >= 4 is 0 Å². The van der Waals surface area contributed by atoms with Crippen LogP contribution >= 0.6 is 0 Å². The Labute approximate surface area is 337 Å². The SMILES string of the molecule is C.C.CC.CC.CC.CC.CCCC.CCCC.CCCC.CCCC.c1ccc(C(CC(c2ccccc2)c2ccccc2)c2ccccc2)cc1. The van der Waals surface area contributed by atoms with Crippen molar-refractivity contribution in [3.8, 4) is 0 Å². The van der Waals surface area contributed by atoms with E-state index in [0.29, 0.717) is 11.8 Å². The van der Waals surface area contributed by atoms with Crippen LogP contribution in [0.1, 0.15) is 218 Å². The highest BCUT2D eigenvalue weighted by molar-refractivity contribution is 5.38. The molecule has 0 N–H and O–H groups in total. The van der Waals surface area contributed by atoms with E-state index in [4.69, 9.17) is 0 Å². The Morgan fingerprint density at radius 3 is 0.509 bits per heavy atom. The minimum atomic E-state index is 0. The van der Waals surface area contributed by atoms with E-state index >= 15 is 0 Å². The lowest BCUT2D eigenvalue weighted by Crippen LogP contribution is -2.09. The molecule has 0 amide bonds. The summed E-state index contributed by atoms with van der Waals surface area (Å²) in [7, 11) is 0. The maximum Gasteiger partial charge on any atom is 0.00983 e. The fraction of sp³-hybridized carbons (Fsp3) is 0.547. The van der Waals surface area contributed by atoms with Crippen LogP contribution < -0.4 is 0 Å². The second-order valence-corrected chi connectivity index (χ2v) is 11.0. The Bertz CT molecular complexity index is 870. The van der Waals surface area contributed by atoms with E-state index in [1.165, 1.54) is 73.6 Å². The van der Waals surface area contributed by atoms with Crippen LogP contribution in [-0.2, 0) is 0 Å². The van der Waals surface area contributed by atoms with Gasteiger partial charge in [-0.1, -0.05) is 298 Å². The van der Waals surface area contributed by atoms with Crippen LogP contribution in [0.15, 0.2) is 121 Å². The predicted octanol–water partition coefficient (Wildman–Crippen LogP) is 19.6. The molecule has 0 unspecified atom stereocenters. The van der Waals surface area contributed by atoms with Crippen LogP contribution in [0.2, 0.25) is 0 Å². The Balaban J connectivity index is -0.000000136. The minimum Gasteiger partial charge on any atom is -0.0776 e. The van der Waals surface area contributed by atoms with Crippen molar-refractivity contribution in [3.63, 3.8) is 0 Å². The van der Waals surface area contributed by atoms with Crippen molar-refractivity contribution in [1.82, 2.24) is 0 Å². The highest BCUT2D eigenvalue weighted by Crippen LogP contribution is 2.38. The highest BCUT2D eigenvalue weighted by atomic mass is 14.3. The smallest absolute Gasteiger partial charge is 0.00983 e. The summed E-state index contributed by atoms with van der Waals surface area (Å²) in [6, 6.07) is 43.6. The van der Waals surface area contributed by atoms with Gasteiger partial charge in [-0.25, -0.2) is 0 Å². The van der Waals surface area contributed by atoms with E-state index in [0.717, 1.165) is 6.42 Å². The topological polar surface area (TPSA) is 0 Å². The fourth-order valence-corrected chi connectivity index (χ4v) is 3.91. The molecule has 0 spiro atoms. The Hall–Kier alpha value is -3.12. The van der Waals surface area contributed by atoms with Gasteiger partial charge in [0, 0.05) is 11.8 Å². The number of hydrogen-bond donors (Lipinski definition) is 0. The molecule has 0 aromatic heterocycles. The zero-order valence-electron chi connectivity index (χ0n) is 37.1. The lowest BCUT2D eigenvalue weighted by atomic mass is 9.78. The molecule has 4 aromatic rings. The van der Waals surface area contributed by atoms with Gasteiger partial charge in [0.1, 0.15) is 0 Å². The van der Waals surface area contributed by atoms with Gasteiger partial charge in [-0.15, -0.1) is 0 Å². The molecule has 0 aliphatic carbocycles. The van der Waals surface area contributed by atoms with Gasteiger partial charge in [0.25, 0.3) is 0 Å². The lowest BCUT2D eigenvalue weighted by molar-refractivity contribution is 0.644. The van der Waals surface area contributed by atoms with E-state index in [1.54, 1.807) is 0 Å². The average molecular weight is 733 g/mol. The summed E-state index contributed by atoms with van der Waals surface area (Å²) < 4.78 is 0. The van der Waals surface area contributed by atoms with E-state index in [-0.39, 0.29) is 14.9 Å². The molecule has 0 nitrogen and oxygen atoms in total. The largest absolute Gasteiger partial charge is 0.0776 e. The molecule has 308 valence electrons. The number of benzene rings is 4. The summed E-state index contributed by atoms with van der Waals surface area (Å²) in [5, 5.41) is 0. The van der Waals surface area contributed by atoms with Gasteiger partial charge in [-0.2, -0.15) is 0 Å². The van der Waals surface area contributed by atoms with Gasteiger partial charge in [-0.3, -0.25) is 0 Å². The molecule has 0 saturated heterocycles. The third-order valence-electron chi connectivity index (χ3n) is 7.28. The average Bonchev–Trinajstić information content (AvgIpc) is 3.25. The summed E-state index contributed by atoms with van der Waals surface area (Å²) in [4.78, 5) is 0. The standard InChI is InChI=1S/C27H24.4C4H10.4C2H6.2CH4/c1-5-13-22(14-6-1)26(23-15-7-2-8-16-23)21-27(24-17-9-3-10-18-24)25-19-11-4-12-20-25;4*1-3-4-2;4*1-2;;/h1-20,26-27H,21H2;4*3-4H2,1-2H3;4*1-2H3;2*1H4. The highest BCUT2D eigenvalue weighted by Gasteiger charge is 2.22. The maximum absolute atomic E-state index is 2.25. The van der Waals surface area contributed by atoms with E-state index in [9.17, 15) is 0 Å². The molecule has 53 heavy (non-hydrogen) atoms. The van der Waals surface area contributed by atoms with Gasteiger partial charge in [0.2, 0.25) is 0 Å². The molecule has 0 aliphatic rings. The zero-order valence-corrected chi connectivity index (χ0v) is 37.1. The number of unbranched alkanes of at least 4 members (excludes halogenated alkanes) is 4. The first-order chi connectivity index (χ1) is 25.1. The summed E-state index contributed by atoms with van der Waals surface area (Å²) >= 11 is 0. The van der Waals surface area contributed by atoms with Crippen LogP contribution in [0, 0.1) is 0 Å². The predicted molar refractivity (Wildman–Crippen MR) is 255 cm³/mol. The van der Waals surface area contributed by atoms with Crippen LogP contribution in [0.3, 0.4) is 0 Å². The summed E-state index contributed by atoms with van der Waals surface area (Å²) in [6.45, 7) is 33.4. The van der Waals surface area contributed by atoms with Crippen molar-refractivity contribution in [2.24, 2.45) is 0 Å². The van der Waals surface area contributed by atoms with Crippen LogP contribution in [-0.4, -0.2) is 0 Å². The summed E-state index contributed by atoms with van der Waals surface area (Å²) in [5.41, 5.74) is 5.50. The minimum absolute atomic E-state index is 0. The second kappa shape index (κ2) is 58.2. The van der Waals surface area contributed by atoms with E-state index in [2.05, 4.69) is 177 Å². The molecule has 0 radical (unpaired) electrons. The normalized spacial score (nSPS) is 8.34. The van der Waals surface area contributed by atoms with E-state index < -0.39 is 0 Å². The first kappa shape index (κ1) is 64.8. The first-order valence-corrected chi connectivity index (χ1v) is 21.3. The third-order valence-corrected chi connectivity index (χ3v) is 7.28. The zero-order chi connectivity index (χ0) is 40.0. The monoisotopic (exact) mass is 733 g/mol. The first-order valence-electron chi connectivity index (χ1n) is 21.3. The summed E-state index contributed by atoms with van der Waals surface area (Å²) in [5.74, 6) is 0.718. The molecular formula is C53H96. The Morgan fingerprint density at radius 2 is 0.396 bits per heavy atom. The van der Waals surface area contributed by atoms with Crippen LogP contribution in [0.25, 0.3) is 0 Å².